The molecule has 2 aromatic carbocycles. The van der Waals surface area contributed by atoms with E-state index in [4.69, 9.17) is 9.47 Å². The van der Waals surface area contributed by atoms with E-state index in [0.29, 0.717) is 30.0 Å². The highest BCUT2D eigenvalue weighted by atomic mass is 16.5. The number of hydrogen-bond donors (Lipinski definition) is 0. The summed E-state index contributed by atoms with van der Waals surface area (Å²) in [5.41, 5.74) is 4.78. The molecule has 0 amide bonds. The summed E-state index contributed by atoms with van der Waals surface area (Å²) in [5.74, 6) is -0.409. The van der Waals surface area contributed by atoms with Gasteiger partial charge in [-0.15, -0.1) is 6.58 Å². The highest BCUT2D eigenvalue weighted by molar-refractivity contribution is 6.01. The first-order chi connectivity index (χ1) is 14.9. The van der Waals surface area contributed by atoms with Crippen molar-refractivity contribution in [2.45, 2.75) is 33.9 Å². The van der Waals surface area contributed by atoms with Gasteiger partial charge in [-0.1, -0.05) is 48.0 Å². The predicted octanol–water partition coefficient (Wildman–Crippen LogP) is 5.22. The Balaban J connectivity index is 1.66. The molecule has 0 fully saturated rings. The molecule has 0 aliphatic carbocycles. The van der Waals surface area contributed by atoms with Crippen LogP contribution >= 0.6 is 0 Å². The predicted molar refractivity (Wildman–Crippen MR) is 121 cm³/mol. The second-order valence-corrected chi connectivity index (χ2v) is 7.46. The van der Waals surface area contributed by atoms with E-state index in [2.05, 4.69) is 6.58 Å². The van der Waals surface area contributed by atoms with Crippen LogP contribution in [0.25, 0.3) is 0 Å². The number of rotatable bonds is 9. The minimum Gasteiger partial charge on any atom is -0.488 e. The third-order valence-electron chi connectivity index (χ3n) is 5.10. The first-order valence-electron chi connectivity index (χ1n) is 10.2. The monoisotopic (exact) mass is 417 g/mol. The van der Waals surface area contributed by atoms with Gasteiger partial charge in [-0.05, 0) is 44.5 Å². The fraction of sp³-hybridized carbons (Fsp3) is 0.231. The lowest BCUT2D eigenvalue weighted by Crippen LogP contribution is -2.16. The molecule has 3 aromatic rings. The van der Waals surface area contributed by atoms with Gasteiger partial charge in [-0.2, -0.15) is 0 Å². The smallest absolute Gasteiger partial charge is 0.342 e. The fourth-order valence-corrected chi connectivity index (χ4v) is 3.50. The van der Waals surface area contributed by atoms with Crippen LogP contribution in [0.3, 0.4) is 0 Å². The molecule has 5 heteroatoms. The lowest BCUT2D eigenvalue weighted by atomic mass is 10.1. The number of allylic oxidation sites excluding steroid dienone is 1. The third kappa shape index (κ3) is 5.31. The maximum absolute atomic E-state index is 12.7. The molecule has 0 radical (unpaired) electrons. The van der Waals surface area contributed by atoms with Crippen LogP contribution in [0.15, 0.2) is 67.3 Å². The summed E-state index contributed by atoms with van der Waals surface area (Å²) < 4.78 is 13.2. The van der Waals surface area contributed by atoms with Gasteiger partial charge in [-0.25, -0.2) is 4.79 Å². The minimum atomic E-state index is -0.590. The summed E-state index contributed by atoms with van der Waals surface area (Å²) in [6, 6.07) is 16.7. The molecule has 31 heavy (non-hydrogen) atoms. The van der Waals surface area contributed by atoms with E-state index in [1.807, 2.05) is 55.7 Å². The number of aryl methyl sites for hydroxylation is 2. The van der Waals surface area contributed by atoms with E-state index in [1.165, 1.54) is 0 Å². The highest BCUT2D eigenvalue weighted by Crippen LogP contribution is 2.21. The summed E-state index contributed by atoms with van der Waals surface area (Å²) in [5, 5.41) is 0. The number of ether oxygens (including phenoxy) is 2. The van der Waals surface area contributed by atoms with Crippen LogP contribution < -0.4 is 4.74 Å². The van der Waals surface area contributed by atoms with Crippen LogP contribution in [-0.4, -0.2) is 22.9 Å². The standard InChI is InChI=1S/C26H27NO4/c1-5-13-27-19(3)15-23(20(27)4)24(28)17-31-26(29)22-11-6-7-12-25(22)30-16-21-10-8-9-18(2)14-21/h5-12,14-15H,1,13,16-17H2,2-4H3. The van der Waals surface area contributed by atoms with Crippen LogP contribution in [0, 0.1) is 20.8 Å². The van der Waals surface area contributed by atoms with Gasteiger partial charge in [0.2, 0.25) is 5.78 Å². The molecule has 1 aromatic heterocycles. The van der Waals surface area contributed by atoms with Crippen molar-refractivity contribution in [1.29, 1.82) is 0 Å². The average molecular weight is 418 g/mol. The van der Waals surface area contributed by atoms with Crippen LogP contribution in [0.4, 0.5) is 0 Å². The largest absolute Gasteiger partial charge is 0.488 e. The second-order valence-electron chi connectivity index (χ2n) is 7.46. The number of ketones is 1. The van der Waals surface area contributed by atoms with Crippen molar-refractivity contribution in [3.05, 3.63) is 101 Å². The number of hydrogen-bond acceptors (Lipinski definition) is 4. The van der Waals surface area contributed by atoms with Crippen molar-refractivity contribution in [3.63, 3.8) is 0 Å². The Kier molecular flexibility index (Phi) is 7.08. The number of Topliss-reactive ketones (excluding diaryl/α,β-unsaturated/α-hetero) is 1. The number of aromatic nitrogens is 1. The van der Waals surface area contributed by atoms with Crippen molar-refractivity contribution >= 4 is 11.8 Å². The van der Waals surface area contributed by atoms with Crippen molar-refractivity contribution < 1.29 is 19.1 Å². The van der Waals surface area contributed by atoms with E-state index in [0.717, 1.165) is 22.5 Å². The quantitative estimate of drug-likeness (QED) is 0.272. The number of benzene rings is 2. The lowest BCUT2D eigenvalue weighted by Gasteiger charge is -2.11. The summed E-state index contributed by atoms with van der Waals surface area (Å²) in [6.45, 7) is 10.2. The van der Waals surface area contributed by atoms with Gasteiger partial charge in [-0.3, -0.25) is 4.79 Å². The number of para-hydroxylation sites is 1. The molecule has 0 spiro atoms. The normalized spacial score (nSPS) is 10.5. The average Bonchev–Trinajstić information content (AvgIpc) is 3.05. The number of carbonyl (C=O) groups is 2. The molecule has 5 nitrogen and oxygen atoms in total. The first-order valence-corrected chi connectivity index (χ1v) is 10.2. The Labute approximate surface area is 182 Å². The van der Waals surface area contributed by atoms with Gasteiger partial charge in [0.05, 0.1) is 0 Å². The Morgan fingerprint density at radius 1 is 1.00 bits per heavy atom. The van der Waals surface area contributed by atoms with Crippen molar-refractivity contribution in [1.82, 2.24) is 4.57 Å². The SMILES string of the molecule is C=CCn1c(C)cc(C(=O)COC(=O)c2ccccc2OCc2cccc(C)c2)c1C. The molecule has 3 rings (SSSR count). The first kappa shape index (κ1) is 22.1. The van der Waals surface area contributed by atoms with E-state index in [1.54, 1.807) is 30.3 Å². The van der Waals surface area contributed by atoms with Gasteiger partial charge < -0.3 is 14.0 Å². The Morgan fingerprint density at radius 2 is 1.77 bits per heavy atom. The molecular formula is C26H27NO4. The van der Waals surface area contributed by atoms with Crippen molar-refractivity contribution in [2.75, 3.05) is 6.61 Å². The molecule has 0 saturated carbocycles. The van der Waals surface area contributed by atoms with Crippen LogP contribution in [0.5, 0.6) is 5.75 Å². The zero-order valence-corrected chi connectivity index (χ0v) is 18.2. The molecule has 0 saturated heterocycles. The third-order valence-corrected chi connectivity index (χ3v) is 5.10. The molecule has 0 aliphatic rings. The van der Waals surface area contributed by atoms with Crippen molar-refractivity contribution in [2.24, 2.45) is 0 Å². The summed E-state index contributed by atoms with van der Waals surface area (Å²) in [6.07, 6.45) is 1.78. The maximum atomic E-state index is 12.7. The molecule has 0 aliphatic heterocycles. The maximum Gasteiger partial charge on any atom is 0.342 e. The molecule has 0 unspecified atom stereocenters. The fourth-order valence-electron chi connectivity index (χ4n) is 3.50. The molecule has 1 heterocycles. The summed E-state index contributed by atoms with van der Waals surface area (Å²) in [7, 11) is 0. The second kappa shape index (κ2) is 9.94. The Morgan fingerprint density at radius 3 is 2.52 bits per heavy atom. The summed E-state index contributed by atoms with van der Waals surface area (Å²) >= 11 is 0. The molecule has 160 valence electrons. The Hall–Kier alpha value is -3.60. The van der Waals surface area contributed by atoms with Gasteiger partial charge in [0.25, 0.3) is 0 Å². The summed E-state index contributed by atoms with van der Waals surface area (Å²) in [4.78, 5) is 25.3. The van der Waals surface area contributed by atoms with Crippen LogP contribution in [-0.2, 0) is 17.9 Å². The van der Waals surface area contributed by atoms with Gasteiger partial charge in [0.1, 0.15) is 17.9 Å². The molecule has 0 bridgehead atoms. The molecule has 0 atom stereocenters. The zero-order valence-electron chi connectivity index (χ0n) is 18.2. The van der Waals surface area contributed by atoms with E-state index >= 15 is 0 Å². The van der Waals surface area contributed by atoms with Crippen LogP contribution in [0.2, 0.25) is 0 Å². The van der Waals surface area contributed by atoms with Crippen LogP contribution in [0.1, 0.15) is 43.2 Å². The minimum absolute atomic E-state index is 0.241. The van der Waals surface area contributed by atoms with E-state index < -0.39 is 5.97 Å². The van der Waals surface area contributed by atoms with E-state index in [-0.39, 0.29) is 12.4 Å². The van der Waals surface area contributed by atoms with E-state index in [9.17, 15) is 9.59 Å². The topological polar surface area (TPSA) is 57.5 Å². The number of esters is 1. The van der Waals surface area contributed by atoms with Crippen molar-refractivity contribution in [3.8, 4) is 5.75 Å². The number of carbonyl (C=O) groups excluding carboxylic acids is 2. The lowest BCUT2D eigenvalue weighted by molar-refractivity contribution is 0.0470. The number of nitrogens with zero attached hydrogens (tertiary/aromatic N) is 1. The zero-order chi connectivity index (χ0) is 22.4. The molecule has 0 N–H and O–H groups in total. The van der Waals surface area contributed by atoms with Gasteiger partial charge >= 0.3 is 5.97 Å². The Bertz CT molecular complexity index is 1110. The van der Waals surface area contributed by atoms with Gasteiger partial charge in [0.15, 0.2) is 6.61 Å². The molecular weight excluding hydrogens is 390 g/mol. The highest BCUT2D eigenvalue weighted by Gasteiger charge is 2.19. The van der Waals surface area contributed by atoms with Gasteiger partial charge in [0, 0.05) is 23.5 Å².